The van der Waals surface area contributed by atoms with Gasteiger partial charge < -0.3 is 20.9 Å². The van der Waals surface area contributed by atoms with Crippen molar-refractivity contribution in [2.45, 2.75) is 9.79 Å². The van der Waals surface area contributed by atoms with Crippen LogP contribution in [0.4, 0.5) is 11.4 Å². The highest BCUT2D eigenvalue weighted by atomic mass is 35.5. The lowest BCUT2D eigenvalue weighted by atomic mass is 10.3. The minimum absolute atomic E-state index is 0.00611. The Balaban J connectivity index is 1.66. The van der Waals surface area contributed by atoms with Gasteiger partial charge in [-0.15, -0.1) is 0 Å². The first-order valence-corrected chi connectivity index (χ1v) is 12.8. The molecule has 4 rings (SSSR count). The first-order chi connectivity index (χ1) is 16.5. The van der Waals surface area contributed by atoms with Crippen molar-refractivity contribution in [1.82, 2.24) is 0 Å². The van der Waals surface area contributed by atoms with Crippen LogP contribution < -0.4 is 20.9 Å². The molecule has 0 amide bonds. The number of halogens is 4. The van der Waals surface area contributed by atoms with E-state index in [1.165, 1.54) is 24.3 Å². The molecule has 0 saturated heterocycles. The Bertz CT molecular complexity index is 1360. The SMILES string of the molecule is Nc1ccc(Oc2c(Cl)cc(S(=O)(=O)c3cc(Cl)c(Oc4ccc(N)cc4)c(Cl)c3)cc2Cl)cc1. The number of hydrogen-bond donors (Lipinski definition) is 2. The molecule has 0 atom stereocenters. The highest BCUT2D eigenvalue weighted by Gasteiger charge is 2.24. The average Bonchev–Trinajstić information content (AvgIpc) is 2.80. The highest BCUT2D eigenvalue weighted by Crippen LogP contribution is 2.42. The lowest BCUT2D eigenvalue weighted by Crippen LogP contribution is -2.03. The molecule has 11 heteroatoms. The largest absolute Gasteiger partial charge is 0.454 e. The van der Waals surface area contributed by atoms with Crippen LogP contribution in [0.25, 0.3) is 0 Å². The smallest absolute Gasteiger partial charge is 0.206 e. The molecule has 180 valence electrons. The summed E-state index contributed by atoms with van der Waals surface area (Å²) in [4.78, 5) is -0.340. The fourth-order valence-corrected chi connectivity index (χ4v) is 5.77. The van der Waals surface area contributed by atoms with Gasteiger partial charge in [0.05, 0.1) is 29.9 Å². The zero-order valence-electron chi connectivity index (χ0n) is 17.6. The zero-order chi connectivity index (χ0) is 25.3. The molecule has 0 aliphatic carbocycles. The summed E-state index contributed by atoms with van der Waals surface area (Å²) in [5.41, 5.74) is 12.5. The van der Waals surface area contributed by atoms with E-state index in [2.05, 4.69) is 0 Å². The van der Waals surface area contributed by atoms with Gasteiger partial charge in [-0.2, -0.15) is 0 Å². The van der Waals surface area contributed by atoms with Crippen LogP contribution in [0.15, 0.2) is 82.6 Å². The van der Waals surface area contributed by atoms with Crippen molar-refractivity contribution in [2.24, 2.45) is 0 Å². The van der Waals surface area contributed by atoms with Gasteiger partial charge >= 0.3 is 0 Å². The van der Waals surface area contributed by atoms with Crippen LogP contribution in [0.2, 0.25) is 20.1 Å². The second-order valence-electron chi connectivity index (χ2n) is 7.28. The van der Waals surface area contributed by atoms with Crippen LogP contribution in [-0.4, -0.2) is 8.42 Å². The van der Waals surface area contributed by atoms with Gasteiger partial charge in [0.2, 0.25) is 9.84 Å². The van der Waals surface area contributed by atoms with Crippen molar-refractivity contribution < 1.29 is 17.9 Å². The number of benzene rings is 4. The highest BCUT2D eigenvalue weighted by molar-refractivity contribution is 7.91. The number of nitrogen functional groups attached to an aromatic ring is 2. The zero-order valence-corrected chi connectivity index (χ0v) is 21.5. The van der Waals surface area contributed by atoms with E-state index in [0.717, 1.165) is 0 Å². The Hall–Kier alpha value is -2.81. The summed E-state index contributed by atoms with van der Waals surface area (Å²) in [5, 5.41) is -0.0245. The fraction of sp³-hybridized carbons (Fsp3) is 0. The summed E-state index contributed by atoms with van der Waals surface area (Å²) in [6, 6.07) is 18.0. The number of anilines is 2. The summed E-state index contributed by atoms with van der Waals surface area (Å²) in [6.45, 7) is 0. The van der Waals surface area contributed by atoms with E-state index in [1.807, 2.05) is 0 Å². The molecule has 0 saturated carbocycles. The molecular weight excluding hydrogens is 554 g/mol. The van der Waals surface area contributed by atoms with Crippen molar-refractivity contribution in [3.63, 3.8) is 0 Å². The average molecular weight is 570 g/mol. The number of rotatable bonds is 6. The maximum atomic E-state index is 13.3. The number of ether oxygens (including phenoxy) is 2. The van der Waals surface area contributed by atoms with Crippen LogP contribution in [0, 0.1) is 0 Å². The molecule has 4 N–H and O–H groups in total. The molecule has 0 radical (unpaired) electrons. The molecule has 0 aliphatic heterocycles. The molecular formula is C24H16Cl4N2O4S. The molecule has 4 aromatic carbocycles. The van der Waals surface area contributed by atoms with Crippen LogP contribution in [0.1, 0.15) is 0 Å². The summed E-state index contributed by atoms with van der Waals surface area (Å²) < 4.78 is 38.0. The monoisotopic (exact) mass is 568 g/mol. The van der Waals surface area contributed by atoms with Gasteiger partial charge in [-0.05, 0) is 72.8 Å². The topological polar surface area (TPSA) is 105 Å². The summed E-state index contributed by atoms with van der Waals surface area (Å²) in [6.07, 6.45) is 0. The first-order valence-electron chi connectivity index (χ1n) is 9.84. The molecule has 0 aromatic heterocycles. The molecule has 0 aliphatic rings. The molecule has 0 heterocycles. The molecule has 0 bridgehead atoms. The standard InChI is InChI=1S/C24H16Cl4N2O4S/c25-19-9-17(10-20(26)23(19)33-15-5-1-13(29)2-6-15)35(31,32)18-11-21(27)24(22(28)12-18)34-16-7-3-14(30)4-8-16/h1-12H,29-30H2. The lowest BCUT2D eigenvalue weighted by Gasteiger charge is -2.14. The predicted molar refractivity (Wildman–Crippen MR) is 140 cm³/mol. The maximum absolute atomic E-state index is 13.3. The Morgan fingerprint density at radius 1 is 0.543 bits per heavy atom. The van der Waals surface area contributed by atoms with Gasteiger partial charge in [0, 0.05) is 11.4 Å². The Morgan fingerprint density at radius 2 is 0.829 bits per heavy atom. The Morgan fingerprint density at radius 3 is 1.11 bits per heavy atom. The second kappa shape index (κ2) is 10.0. The van der Waals surface area contributed by atoms with Gasteiger partial charge in [0.15, 0.2) is 11.5 Å². The van der Waals surface area contributed by atoms with Crippen molar-refractivity contribution in [3.05, 3.63) is 92.9 Å². The number of nitrogens with two attached hydrogens (primary N) is 2. The van der Waals surface area contributed by atoms with Crippen LogP contribution >= 0.6 is 46.4 Å². The third kappa shape index (κ3) is 5.55. The van der Waals surface area contributed by atoms with Crippen LogP contribution in [0.3, 0.4) is 0 Å². The molecule has 0 unspecified atom stereocenters. The third-order valence-corrected chi connectivity index (χ3v) is 7.60. The van der Waals surface area contributed by atoms with E-state index >= 15 is 0 Å². The quantitative estimate of drug-likeness (QED) is 0.229. The Labute approximate surface area is 221 Å². The van der Waals surface area contributed by atoms with Gasteiger partial charge in [-0.1, -0.05) is 46.4 Å². The van der Waals surface area contributed by atoms with Gasteiger partial charge in [-0.25, -0.2) is 8.42 Å². The third-order valence-electron chi connectivity index (χ3n) is 4.76. The normalized spacial score (nSPS) is 11.3. The van der Waals surface area contributed by atoms with Crippen molar-refractivity contribution >= 4 is 67.6 Å². The van der Waals surface area contributed by atoms with E-state index in [4.69, 9.17) is 67.3 Å². The van der Waals surface area contributed by atoms with E-state index in [-0.39, 0.29) is 41.4 Å². The van der Waals surface area contributed by atoms with Gasteiger partial charge in [0.25, 0.3) is 0 Å². The van der Waals surface area contributed by atoms with E-state index in [9.17, 15) is 8.42 Å². The van der Waals surface area contributed by atoms with Crippen LogP contribution in [-0.2, 0) is 9.84 Å². The van der Waals surface area contributed by atoms with Crippen molar-refractivity contribution in [2.75, 3.05) is 11.5 Å². The number of sulfone groups is 1. The molecule has 0 spiro atoms. The summed E-state index contributed by atoms with van der Waals surface area (Å²) in [7, 11) is -4.10. The van der Waals surface area contributed by atoms with E-state index in [1.54, 1.807) is 48.5 Å². The first kappa shape index (κ1) is 25.3. The second-order valence-corrected chi connectivity index (χ2v) is 10.9. The molecule has 4 aromatic rings. The van der Waals surface area contributed by atoms with Crippen molar-refractivity contribution in [3.8, 4) is 23.0 Å². The number of hydrogen-bond acceptors (Lipinski definition) is 6. The van der Waals surface area contributed by atoms with Crippen LogP contribution in [0.5, 0.6) is 23.0 Å². The van der Waals surface area contributed by atoms with Gasteiger partial charge in [0.1, 0.15) is 11.5 Å². The summed E-state index contributed by atoms with van der Waals surface area (Å²) >= 11 is 25.3. The molecule has 35 heavy (non-hydrogen) atoms. The predicted octanol–water partition coefficient (Wildman–Crippen LogP) is 7.88. The van der Waals surface area contributed by atoms with Gasteiger partial charge in [-0.3, -0.25) is 0 Å². The van der Waals surface area contributed by atoms with E-state index < -0.39 is 9.84 Å². The minimum atomic E-state index is -4.10. The molecule has 0 fully saturated rings. The summed E-state index contributed by atoms with van der Waals surface area (Å²) in [5.74, 6) is 1.04. The molecule has 6 nitrogen and oxygen atoms in total. The maximum Gasteiger partial charge on any atom is 0.206 e. The minimum Gasteiger partial charge on any atom is -0.454 e. The Kier molecular flexibility index (Phi) is 7.26. The van der Waals surface area contributed by atoms with Crippen molar-refractivity contribution in [1.29, 1.82) is 0 Å². The van der Waals surface area contributed by atoms with E-state index in [0.29, 0.717) is 22.9 Å². The fourth-order valence-electron chi connectivity index (χ4n) is 3.02. The lowest BCUT2D eigenvalue weighted by molar-refractivity contribution is 0.482.